The molecule has 0 N–H and O–H groups in total. The fourth-order valence-electron chi connectivity index (χ4n) is 2.61. The van der Waals surface area contributed by atoms with E-state index >= 15 is 0 Å². The average Bonchev–Trinajstić information content (AvgIpc) is 2.38. The Morgan fingerprint density at radius 2 is 2.18 bits per heavy atom. The summed E-state index contributed by atoms with van der Waals surface area (Å²) in [6.07, 6.45) is 5.28. The minimum atomic E-state index is 0.717. The zero-order valence-corrected chi connectivity index (χ0v) is 13.4. The minimum absolute atomic E-state index is 0.717. The number of hydrogen-bond acceptors (Lipinski definition) is 1. The van der Waals surface area contributed by atoms with E-state index in [0.717, 1.165) is 11.4 Å². The second-order valence-corrected chi connectivity index (χ2v) is 6.09. The lowest BCUT2D eigenvalue weighted by molar-refractivity contribution is 0.449. The second-order valence-electron chi connectivity index (χ2n) is 4.67. The van der Waals surface area contributed by atoms with Gasteiger partial charge in [0.05, 0.1) is 5.69 Å². The van der Waals surface area contributed by atoms with Gasteiger partial charge >= 0.3 is 0 Å². The first-order chi connectivity index (χ1) is 8.26. The van der Waals surface area contributed by atoms with E-state index in [1.165, 1.54) is 48.0 Å². The van der Waals surface area contributed by atoms with Crippen molar-refractivity contribution in [1.29, 1.82) is 0 Å². The van der Waals surface area contributed by atoms with Crippen LogP contribution in [0.2, 0.25) is 0 Å². The molecule has 0 aromatic heterocycles. The van der Waals surface area contributed by atoms with Crippen molar-refractivity contribution in [3.63, 3.8) is 0 Å². The van der Waals surface area contributed by atoms with Gasteiger partial charge in [0.25, 0.3) is 0 Å². The third kappa shape index (κ3) is 3.05. The van der Waals surface area contributed by atoms with Crippen molar-refractivity contribution in [2.45, 2.75) is 44.0 Å². The van der Waals surface area contributed by atoms with E-state index in [1.54, 1.807) is 0 Å². The van der Waals surface area contributed by atoms with Gasteiger partial charge in [-0.05, 0) is 59.3 Å². The molecule has 1 unspecified atom stereocenters. The molecule has 94 valence electrons. The lowest BCUT2D eigenvalue weighted by atomic mass is 9.99. The molecular weight excluding hydrogens is 342 g/mol. The number of alkyl halides is 1. The number of rotatable bonds is 3. The van der Waals surface area contributed by atoms with E-state index in [1.807, 2.05) is 0 Å². The number of halogens is 2. The Hall–Kier alpha value is -0.0200. The van der Waals surface area contributed by atoms with Crippen LogP contribution in [0.25, 0.3) is 0 Å². The van der Waals surface area contributed by atoms with Crippen molar-refractivity contribution >= 4 is 37.5 Å². The minimum Gasteiger partial charge on any atom is -0.368 e. The molecule has 0 saturated carbocycles. The molecule has 1 nitrogen and oxygen atoms in total. The first-order valence-electron chi connectivity index (χ1n) is 6.37. The van der Waals surface area contributed by atoms with Crippen molar-refractivity contribution in [2.24, 2.45) is 0 Å². The van der Waals surface area contributed by atoms with Crippen LogP contribution >= 0.6 is 31.9 Å². The van der Waals surface area contributed by atoms with Crippen LogP contribution in [0.15, 0.2) is 22.7 Å². The molecule has 1 aromatic rings. The highest BCUT2D eigenvalue weighted by molar-refractivity contribution is 9.10. The Bertz CT molecular complexity index is 378. The van der Waals surface area contributed by atoms with Crippen molar-refractivity contribution < 1.29 is 0 Å². The summed E-state index contributed by atoms with van der Waals surface area (Å²) in [5.74, 6) is 0. The number of benzene rings is 1. The highest BCUT2D eigenvalue weighted by atomic mass is 79.9. The molecule has 1 fully saturated rings. The summed E-state index contributed by atoms with van der Waals surface area (Å²) in [6.45, 7) is 3.49. The van der Waals surface area contributed by atoms with Gasteiger partial charge in [0.15, 0.2) is 0 Å². The van der Waals surface area contributed by atoms with E-state index in [9.17, 15) is 0 Å². The van der Waals surface area contributed by atoms with E-state index in [4.69, 9.17) is 0 Å². The molecule has 2 rings (SSSR count). The van der Waals surface area contributed by atoms with E-state index in [-0.39, 0.29) is 0 Å². The third-order valence-corrected chi connectivity index (χ3v) is 4.86. The molecule has 1 heterocycles. The van der Waals surface area contributed by atoms with Crippen molar-refractivity contribution in [1.82, 2.24) is 0 Å². The molecule has 0 aliphatic carbocycles. The van der Waals surface area contributed by atoms with Crippen molar-refractivity contribution in [3.05, 3.63) is 28.2 Å². The van der Waals surface area contributed by atoms with Crippen LogP contribution in [0, 0.1) is 0 Å². The van der Waals surface area contributed by atoms with Crippen LogP contribution in [0.5, 0.6) is 0 Å². The predicted molar refractivity (Wildman–Crippen MR) is 82.0 cm³/mol. The smallest absolute Gasteiger partial charge is 0.0513 e. The van der Waals surface area contributed by atoms with Gasteiger partial charge in [0, 0.05) is 22.4 Å². The molecule has 0 amide bonds. The fourth-order valence-corrected chi connectivity index (χ4v) is 3.61. The fraction of sp³-hybridized carbons (Fsp3) is 0.571. The quantitative estimate of drug-likeness (QED) is 0.676. The maximum Gasteiger partial charge on any atom is 0.0513 e. The standard InChI is InChI=1S/C14H19Br2N/c1-2-12-5-3-4-8-17(12)14-7-6-11(10-15)9-13(14)16/h6-7,9,12H,2-5,8,10H2,1H3. The zero-order valence-electron chi connectivity index (χ0n) is 10.3. The maximum absolute atomic E-state index is 3.72. The summed E-state index contributed by atoms with van der Waals surface area (Å²) in [5, 5.41) is 0.920. The second kappa shape index (κ2) is 6.24. The lowest BCUT2D eigenvalue weighted by Gasteiger charge is -2.37. The van der Waals surface area contributed by atoms with Crippen molar-refractivity contribution in [2.75, 3.05) is 11.4 Å². The first kappa shape index (κ1) is 13.4. The van der Waals surface area contributed by atoms with E-state index in [0.29, 0.717) is 0 Å². The molecule has 0 spiro atoms. The molecule has 1 saturated heterocycles. The van der Waals surface area contributed by atoms with Gasteiger partial charge in [0.1, 0.15) is 0 Å². The van der Waals surface area contributed by atoms with Crippen LogP contribution in [-0.4, -0.2) is 12.6 Å². The molecule has 3 heteroatoms. The largest absolute Gasteiger partial charge is 0.368 e. The Kier molecular flexibility index (Phi) is 4.92. The molecule has 17 heavy (non-hydrogen) atoms. The monoisotopic (exact) mass is 359 g/mol. The van der Waals surface area contributed by atoms with Crippen LogP contribution < -0.4 is 4.90 Å². The Morgan fingerprint density at radius 1 is 1.35 bits per heavy atom. The molecule has 1 atom stereocenters. The summed E-state index contributed by atoms with van der Waals surface area (Å²) in [4.78, 5) is 2.57. The van der Waals surface area contributed by atoms with Crippen LogP contribution in [0.3, 0.4) is 0 Å². The number of anilines is 1. The summed E-state index contributed by atoms with van der Waals surface area (Å²) in [5.41, 5.74) is 2.69. The highest BCUT2D eigenvalue weighted by Crippen LogP contribution is 2.33. The summed E-state index contributed by atoms with van der Waals surface area (Å²) >= 11 is 7.22. The molecule has 1 aliphatic heterocycles. The normalized spacial score (nSPS) is 20.6. The summed E-state index contributed by atoms with van der Waals surface area (Å²) in [6, 6.07) is 7.42. The number of hydrogen-bond donors (Lipinski definition) is 0. The number of nitrogens with zero attached hydrogens (tertiary/aromatic N) is 1. The average molecular weight is 361 g/mol. The van der Waals surface area contributed by atoms with Crippen LogP contribution in [-0.2, 0) is 5.33 Å². The Labute approximate surface area is 121 Å². The van der Waals surface area contributed by atoms with Gasteiger partial charge in [0.2, 0.25) is 0 Å². The van der Waals surface area contributed by atoms with Gasteiger partial charge in [-0.1, -0.05) is 28.9 Å². The summed E-state index contributed by atoms with van der Waals surface area (Å²) in [7, 11) is 0. The van der Waals surface area contributed by atoms with Gasteiger partial charge in [-0.15, -0.1) is 0 Å². The van der Waals surface area contributed by atoms with Gasteiger partial charge in [-0.3, -0.25) is 0 Å². The molecule has 1 aromatic carbocycles. The molecule has 0 bridgehead atoms. The van der Waals surface area contributed by atoms with Crippen LogP contribution in [0.1, 0.15) is 38.2 Å². The summed E-state index contributed by atoms with van der Waals surface area (Å²) < 4.78 is 1.23. The zero-order chi connectivity index (χ0) is 12.3. The number of piperidine rings is 1. The van der Waals surface area contributed by atoms with Gasteiger partial charge in [-0.2, -0.15) is 0 Å². The van der Waals surface area contributed by atoms with Crippen LogP contribution in [0.4, 0.5) is 5.69 Å². The maximum atomic E-state index is 3.72. The van der Waals surface area contributed by atoms with E-state index in [2.05, 4.69) is 61.9 Å². The van der Waals surface area contributed by atoms with Gasteiger partial charge in [-0.25, -0.2) is 0 Å². The first-order valence-corrected chi connectivity index (χ1v) is 8.28. The predicted octanol–water partition coefficient (Wildman–Crippen LogP) is 5.11. The van der Waals surface area contributed by atoms with E-state index < -0.39 is 0 Å². The third-order valence-electron chi connectivity index (χ3n) is 3.57. The SMILES string of the molecule is CCC1CCCCN1c1ccc(CBr)cc1Br. The Morgan fingerprint density at radius 3 is 2.82 bits per heavy atom. The molecule has 0 radical (unpaired) electrons. The van der Waals surface area contributed by atoms with Gasteiger partial charge < -0.3 is 4.90 Å². The highest BCUT2D eigenvalue weighted by Gasteiger charge is 2.22. The topological polar surface area (TPSA) is 3.24 Å². The molecule has 1 aliphatic rings. The molecular formula is C14H19Br2N. The lowest BCUT2D eigenvalue weighted by Crippen LogP contribution is -2.39. The van der Waals surface area contributed by atoms with Crippen molar-refractivity contribution in [3.8, 4) is 0 Å². The Balaban J connectivity index is 2.25.